The molecule has 7 heteroatoms. The number of sulfone groups is 1. The number of benzene rings is 2. The van der Waals surface area contributed by atoms with E-state index in [9.17, 15) is 13.2 Å². The Labute approximate surface area is 149 Å². The van der Waals surface area contributed by atoms with Gasteiger partial charge < -0.3 is 10.1 Å². The minimum absolute atomic E-state index is 0.0300. The molecule has 0 heterocycles. The number of aryl methyl sites for hydroxylation is 1. The maximum atomic E-state index is 12.7. The molecule has 0 aromatic heterocycles. The molecule has 5 nitrogen and oxygen atoms in total. The summed E-state index contributed by atoms with van der Waals surface area (Å²) in [6, 6.07) is 13.3. The number of rotatable bonds is 5. The summed E-state index contributed by atoms with van der Waals surface area (Å²) in [5.74, 6) is -0.930. The third-order valence-electron chi connectivity index (χ3n) is 3.22. The lowest BCUT2D eigenvalue weighted by atomic mass is 10.2. The van der Waals surface area contributed by atoms with E-state index in [0.29, 0.717) is 5.69 Å². The maximum absolute atomic E-state index is 12.7. The molecule has 126 valence electrons. The lowest BCUT2D eigenvalue weighted by molar-refractivity contribution is -0.135. The number of nitrogens with one attached hydrogen (secondary N) is 1. The van der Waals surface area contributed by atoms with E-state index >= 15 is 0 Å². The molecule has 2 aromatic carbocycles. The molecule has 0 spiro atoms. The number of carbonyl (C=O) groups excluding carboxylic acids is 1. The van der Waals surface area contributed by atoms with Crippen molar-refractivity contribution in [1.29, 1.82) is 0 Å². The summed E-state index contributed by atoms with van der Waals surface area (Å²) in [6.07, 6.45) is 1.14. The fraction of sp³-hybridized carbons (Fsp3) is 0.118. The van der Waals surface area contributed by atoms with Crippen molar-refractivity contribution in [3.63, 3.8) is 0 Å². The van der Waals surface area contributed by atoms with Crippen LogP contribution in [-0.2, 0) is 19.4 Å². The van der Waals surface area contributed by atoms with E-state index in [1.54, 1.807) is 36.4 Å². The van der Waals surface area contributed by atoms with Crippen LogP contribution in [0, 0.1) is 6.92 Å². The first-order valence-electron chi connectivity index (χ1n) is 6.97. The maximum Gasteiger partial charge on any atom is 0.351 e. The van der Waals surface area contributed by atoms with Crippen LogP contribution in [0.1, 0.15) is 5.56 Å². The highest BCUT2D eigenvalue weighted by molar-refractivity contribution is 9.10. The van der Waals surface area contributed by atoms with Gasteiger partial charge in [0.15, 0.2) is 4.91 Å². The number of methoxy groups -OCH3 is 1. The van der Waals surface area contributed by atoms with Crippen molar-refractivity contribution in [2.45, 2.75) is 11.8 Å². The summed E-state index contributed by atoms with van der Waals surface area (Å²) in [6.45, 7) is 1.85. The van der Waals surface area contributed by atoms with Gasteiger partial charge in [-0.3, -0.25) is 0 Å². The van der Waals surface area contributed by atoms with Gasteiger partial charge in [0, 0.05) is 16.4 Å². The highest BCUT2D eigenvalue weighted by Crippen LogP contribution is 2.22. The molecular formula is C17H16BrNO4S. The van der Waals surface area contributed by atoms with Gasteiger partial charge in [0.1, 0.15) is 0 Å². The van der Waals surface area contributed by atoms with Crippen molar-refractivity contribution in [2.24, 2.45) is 0 Å². The van der Waals surface area contributed by atoms with Gasteiger partial charge in [0.05, 0.1) is 12.0 Å². The Morgan fingerprint density at radius 1 is 1.08 bits per heavy atom. The zero-order valence-corrected chi connectivity index (χ0v) is 15.5. The molecule has 0 atom stereocenters. The van der Waals surface area contributed by atoms with Crippen molar-refractivity contribution >= 4 is 37.4 Å². The van der Waals surface area contributed by atoms with Crippen LogP contribution < -0.4 is 5.32 Å². The van der Waals surface area contributed by atoms with Gasteiger partial charge in [-0.05, 0) is 43.3 Å². The summed E-state index contributed by atoms with van der Waals surface area (Å²) in [5, 5.41) is 2.81. The van der Waals surface area contributed by atoms with Gasteiger partial charge in [0.2, 0.25) is 9.84 Å². The summed E-state index contributed by atoms with van der Waals surface area (Å²) in [5.41, 5.74) is 1.56. The van der Waals surface area contributed by atoms with Crippen molar-refractivity contribution in [1.82, 2.24) is 0 Å². The molecule has 0 unspecified atom stereocenters. The Kier molecular flexibility index (Phi) is 5.80. The predicted octanol–water partition coefficient (Wildman–Crippen LogP) is 3.66. The molecule has 0 aliphatic carbocycles. The van der Waals surface area contributed by atoms with Crippen LogP contribution in [0.5, 0.6) is 0 Å². The molecule has 1 N–H and O–H groups in total. The lowest BCUT2D eigenvalue weighted by Gasteiger charge is -2.09. The van der Waals surface area contributed by atoms with Gasteiger partial charge in [-0.15, -0.1) is 0 Å². The average Bonchev–Trinajstić information content (AvgIpc) is 2.56. The van der Waals surface area contributed by atoms with Gasteiger partial charge in [-0.25, -0.2) is 13.2 Å². The molecule has 0 bridgehead atoms. The Morgan fingerprint density at radius 3 is 2.21 bits per heavy atom. The van der Waals surface area contributed by atoms with E-state index in [-0.39, 0.29) is 4.90 Å². The van der Waals surface area contributed by atoms with Crippen LogP contribution in [0.4, 0.5) is 5.69 Å². The highest BCUT2D eigenvalue weighted by atomic mass is 79.9. The molecule has 24 heavy (non-hydrogen) atoms. The molecule has 2 rings (SSSR count). The molecule has 0 amide bonds. The molecule has 0 aliphatic rings. The zero-order chi connectivity index (χ0) is 17.7. The van der Waals surface area contributed by atoms with E-state index in [1.807, 2.05) is 6.92 Å². The Hall–Kier alpha value is -2.12. The van der Waals surface area contributed by atoms with Crippen LogP contribution in [0.3, 0.4) is 0 Å². The van der Waals surface area contributed by atoms with Crippen molar-refractivity contribution < 1.29 is 17.9 Å². The van der Waals surface area contributed by atoms with E-state index in [0.717, 1.165) is 23.3 Å². The first-order valence-corrected chi connectivity index (χ1v) is 9.24. The normalized spacial score (nSPS) is 11.9. The largest absolute Gasteiger partial charge is 0.465 e. The minimum atomic E-state index is -3.99. The topological polar surface area (TPSA) is 72.5 Å². The molecule has 0 saturated carbocycles. The third-order valence-corrected chi connectivity index (χ3v) is 5.51. The summed E-state index contributed by atoms with van der Waals surface area (Å²) in [4.78, 5) is 11.5. The summed E-state index contributed by atoms with van der Waals surface area (Å²) < 4.78 is 30.9. The standard InChI is InChI=1S/C17H16BrNO4S/c1-12-3-9-15(10-4-12)24(21,22)16(17(20)23-2)11-19-14-7-5-13(18)6-8-14/h3-11,19H,1-2H3. The fourth-order valence-corrected chi connectivity index (χ4v) is 3.42. The van der Waals surface area contributed by atoms with Crippen molar-refractivity contribution in [2.75, 3.05) is 12.4 Å². The summed E-state index contributed by atoms with van der Waals surface area (Å²) >= 11 is 3.31. The SMILES string of the molecule is COC(=O)C(=CNc1ccc(Br)cc1)S(=O)(=O)c1ccc(C)cc1. The smallest absolute Gasteiger partial charge is 0.351 e. The predicted molar refractivity (Wildman–Crippen MR) is 96.2 cm³/mol. The summed E-state index contributed by atoms with van der Waals surface area (Å²) in [7, 11) is -2.85. The van der Waals surface area contributed by atoms with E-state index in [1.165, 1.54) is 12.1 Å². The van der Waals surface area contributed by atoms with Crippen LogP contribution in [-0.4, -0.2) is 21.5 Å². The van der Waals surface area contributed by atoms with Crippen LogP contribution in [0.2, 0.25) is 0 Å². The molecule has 0 saturated heterocycles. The van der Waals surface area contributed by atoms with E-state index < -0.39 is 20.7 Å². The number of carbonyl (C=O) groups is 1. The Bertz CT molecular complexity index is 856. The van der Waals surface area contributed by atoms with Gasteiger partial charge in [-0.2, -0.15) is 0 Å². The number of anilines is 1. The van der Waals surface area contributed by atoms with Gasteiger partial charge in [0.25, 0.3) is 0 Å². The average molecular weight is 410 g/mol. The second kappa shape index (κ2) is 7.63. The third kappa shape index (κ3) is 4.24. The number of esters is 1. The lowest BCUT2D eigenvalue weighted by Crippen LogP contribution is -2.17. The number of halogens is 1. The number of hydrogen-bond donors (Lipinski definition) is 1. The second-order valence-electron chi connectivity index (χ2n) is 4.97. The van der Waals surface area contributed by atoms with E-state index in [4.69, 9.17) is 0 Å². The van der Waals surface area contributed by atoms with Gasteiger partial charge in [-0.1, -0.05) is 33.6 Å². The van der Waals surface area contributed by atoms with Crippen molar-refractivity contribution in [3.05, 3.63) is 69.7 Å². The first-order chi connectivity index (χ1) is 11.3. The first kappa shape index (κ1) is 18.2. The monoisotopic (exact) mass is 409 g/mol. The molecule has 0 radical (unpaired) electrons. The number of ether oxygens (including phenoxy) is 1. The van der Waals surface area contributed by atoms with Gasteiger partial charge >= 0.3 is 5.97 Å². The molecule has 2 aromatic rings. The quantitative estimate of drug-likeness (QED) is 0.602. The second-order valence-corrected chi connectivity index (χ2v) is 7.80. The Morgan fingerprint density at radius 2 is 1.67 bits per heavy atom. The molecular weight excluding hydrogens is 394 g/mol. The number of hydrogen-bond acceptors (Lipinski definition) is 5. The zero-order valence-electron chi connectivity index (χ0n) is 13.1. The fourth-order valence-electron chi connectivity index (χ4n) is 1.89. The van der Waals surface area contributed by atoms with Crippen molar-refractivity contribution in [3.8, 4) is 0 Å². The van der Waals surface area contributed by atoms with E-state index in [2.05, 4.69) is 26.0 Å². The van der Waals surface area contributed by atoms with Crippen LogP contribution in [0.15, 0.2) is 69.0 Å². The van der Waals surface area contributed by atoms with Crippen LogP contribution >= 0.6 is 15.9 Å². The molecule has 0 aliphatic heterocycles. The minimum Gasteiger partial charge on any atom is -0.465 e. The molecule has 0 fully saturated rings. The Balaban J connectivity index is 2.40. The highest BCUT2D eigenvalue weighted by Gasteiger charge is 2.28. The van der Waals surface area contributed by atoms with Crippen LogP contribution in [0.25, 0.3) is 0 Å².